The van der Waals surface area contributed by atoms with Gasteiger partial charge in [-0.25, -0.2) is 13.2 Å². The number of alkyl halides is 5. The van der Waals surface area contributed by atoms with Gasteiger partial charge in [0.1, 0.15) is 5.82 Å². The molecule has 0 aliphatic rings. The van der Waals surface area contributed by atoms with Crippen LogP contribution in [0.3, 0.4) is 0 Å². The number of hydrogen-bond acceptors (Lipinski definition) is 1. The van der Waals surface area contributed by atoms with Crippen molar-refractivity contribution in [1.29, 1.82) is 0 Å². The predicted octanol–water partition coefficient (Wildman–Crippen LogP) is 3.11. The lowest BCUT2D eigenvalue weighted by atomic mass is 10.0. The zero-order valence-corrected chi connectivity index (χ0v) is 7.73. The molecule has 0 aliphatic heterocycles. The predicted molar refractivity (Wildman–Crippen MR) is 44.3 cm³/mol. The fourth-order valence-electron chi connectivity index (χ4n) is 1.11. The second kappa shape index (κ2) is 4.32. The monoisotopic (exact) mass is 243 g/mol. The van der Waals surface area contributed by atoms with E-state index in [1.165, 1.54) is 0 Å². The molecule has 0 aromatic heterocycles. The molecule has 0 aliphatic carbocycles. The van der Waals surface area contributed by atoms with E-state index in [2.05, 4.69) is 0 Å². The van der Waals surface area contributed by atoms with Gasteiger partial charge in [0.15, 0.2) is 0 Å². The summed E-state index contributed by atoms with van der Waals surface area (Å²) in [7, 11) is 0. The van der Waals surface area contributed by atoms with Crippen molar-refractivity contribution in [2.24, 2.45) is 5.73 Å². The highest BCUT2D eigenvalue weighted by atomic mass is 19.4. The lowest BCUT2D eigenvalue weighted by Crippen LogP contribution is -2.21. The Morgan fingerprint density at radius 3 is 2.12 bits per heavy atom. The lowest BCUT2D eigenvalue weighted by Gasteiger charge is -2.14. The summed E-state index contributed by atoms with van der Waals surface area (Å²) in [5.74, 6) is -1.18. The van der Waals surface area contributed by atoms with Crippen molar-refractivity contribution in [3.8, 4) is 0 Å². The summed E-state index contributed by atoms with van der Waals surface area (Å²) in [6, 6.07) is -0.828. The van der Waals surface area contributed by atoms with E-state index in [4.69, 9.17) is 5.73 Å². The van der Waals surface area contributed by atoms with Crippen LogP contribution in [0.2, 0.25) is 0 Å². The Morgan fingerprint density at radius 2 is 1.69 bits per heavy atom. The molecule has 0 amide bonds. The zero-order chi connectivity index (χ0) is 12.5. The summed E-state index contributed by atoms with van der Waals surface area (Å²) in [5, 5.41) is 0. The van der Waals surface area contributed by atoms with E-state index in [9.17, 15) is 26.3 Å². The molecule has 0 unspecified atom stereocenters. The first-order chi connectivity index (χ1) is 7.23. The van der Waals surface area contributed by atoms with Crippen molar-refractivity contribution in [3.63, 3.8) is 0 Å². The van der Waals surface area contributed by atoms with Crippen molar-refractivity contribution in [3.05, 3.63) is 35.1 Å². The second-order valence-corrected chi connectivity index (χ2v) is 3.09. The van der Waals surface area contributed by atoms with E-state index >= 15 is 0 Å². The van der Waals surface area contributed by atoms with Crippen molar-refractivity contribution in [2.75, 3.05) is 0 Å². The van der Waals surface area contributed by atoms with Crippen molar-refractivity contribution in [1.82, 2.24) is 0 Å². The molecule has 16 heavy (non-hydrogen) atoms. The van der Waals surface area contributed by atoms with E-state index in [1.807, 2.05) is 0 Å². The maximum absolute atomic E-state index is 13.0. The van der Waals surface area contributed by atoms with Gasteiger partial charge in [-0.3, -0.25) is 0 Å². The third kappa shape index (κ3) is 2.66. The molecule has 0 bridgehead atoms. The van der Waals surface area contributed by atoms with Gasteiger partial charge in [-0.1, -0.05) is 0 Å². The Kier molecular flexibility index (Phi) is 3.47. The Hall–Kier alpha value is -1.24. The maximum Gasteiger partial charge on any atom is 0.416 e. The first-order valence-electron chi connectivity index (χ1n) is 4.14. The van der Waals surface area contributed by atoms with Crippen molar-refractivity contribution >= 4 is 0 Å². The molecule has 0 spiro atoms. The maximum atomic E-state index is 13.0. The highest BCUT2D eigenvalue weighted by molar-refractivity contribution is 5.29. The van der Waals surface area contributed by atoms with Crippen LogP contribution in [0, 0.1) is 5.82 Å². The molecule has 1 nitrogen and oxygen atoms in total. The Morgan fingerprint density at radius 1 is 1.12 bits per heavy atom. The van der Waals surface area contributed by atoms with Gasteiger partial charge in [0.25, 0.3) is 6.43 Å². The highest BCUT2D eigenvalue weighted by Gasteiger charge is 2.32. The Balaban J connectivity index is 3.19. The first kappa shape index (κ1) is 12.8. The smallest absolute Gasteiger partial charge is 0.319 e. The van der Waals surface area contributed by atoms with Crippen LogP contribution in [-0.2, 0) is 6.18 Å². The molecule has 0 saturated carbocycles. The number of benzene rings is 1. The number of rotatable bonds is 2. The van der Waals surface area contributed by atoms with Crippen LogP contribution in [0.15, 0.2) is 18.2 Å². The third-order valence-electron chi connectivity index (χ3n) is 1.95. The summed E-state index contributed by atoms with van der Waals surface area (Å²) >= 11 is 0. The molecule has 0 heterocycles. The van der Waals surface area contributed by atoms with E-state index < -0.39 is 35.6 Å². The minimum Gasteiger partial charge on any atom is -0.319 e. The molecule has 0 radical (unpaired) electrons. The molecule has 0 fully saturated rings. The van der Waals surface area contributed by atoms with E-state index in [-0.39, 0.29) is 0 Å². The summed E-state index contributed by atoms with van der Waals surface area (Å²) in [4.78, 5) is 0. The van der Waals surface area contributed by atoms with Gasteiger partial charge in [0.05, 0.1) is 11.6 Å². The van der Waals surface area contributed by atoms with Gasteiger partial charge in [0.2, 0.25) is 0 Å². The molecule has 90 valence electrons. The molecule has 1 rings (SSSR count). The van der Waals surface area contributed by atoms with E-state index in [0.717, 1.165) is 0 Å². The average molecular weight is 243 g/mol. The summed E-state index contributed by atoms with van der Waals surface area (Å²) in [6.07, 6.45) is -7.84. The molecule has 7 heteroatoms. The highest BCUT2D eigenvalue weighted by Crippen LogP contribution is 2.32. The third-order valence-corrected chi connectivity index (χ3v) is 1.95. The van der Waals surface area contributed by atoms with E-state index in [0.29, 0.717) is 18.2 Å². The van der Waals surface area contributed by atoms with Crippen LogP contribution in [0.4, 0.5) is 26.3 Å². The molecule has 1 atom stereocenters. The molecular weight excluding hydrogens is 236 g/mol. The van der Waals surface area contributed by atoms with E-state index in [1.54, 1.807) is 0 Å². The van der Waals surface area contributed by atoms with Crippen LogP contribution in [0.1, 0.15) is 17.2 Å². The van der Waals surface area contributed by atoms with Gasteiger partial charge in [-0.15, -0.1) is 0 Å². The van der Waals surface area contributed by atoms with Crippen molar-refractivity contribution < 1.29 is 26.3 Å². The zero-order valence-electron chi connectivity index (χ0n) is 7.73. The minimum atomic E-state index is -4.72. The number of hydrogen-bond donors (Lipinski definition) is 1. The lowest BCUT2D eigenvalue weighted by molar-refractivity contribution is -0.137. The summed E-state index contributed by atoms with van der Waals surface area (Å²) < 4.78 is 73.9. The largest absolute Gasteiger partial charge is 0.416 e. The standard InChI is InChI=1S/C9H7F6N/c10-6-2-1-4(9(13,14)15)3-5(6)7(16)8(11)12/h1-3,7-8H,16H2/t7-/m1/s1. The quantitative estimate of drug-likeness (QED) is 0.793. The van der Waals surface area contributed by atoms with Gasteiger partial charge in [-0.05, 0) is 18.2 Å². The van der Waals surface area contributed by atoms with Gasteiger partial charge < -0.3 is 5.73 Å². The topological polar surface area (TPSA) is 26.0 Å². The first-order valence-corrected chi connectivity index (χ1v) is 4.14. The van der Waals surface area contributed by atoms with Crippen LogP contribution in [-0.4, -0.2) is 6.43 Å². The molecular formula is C9H7F6N. The fraction of sp³-hybridized carbons (Fsp3) is 0.333. The van der Waals surface area contributed by atoms with Crippen LogP contribution in [0.25, 0.3) is 0 Å². The van der Waals surface area contributed by atoms with Gasteiger partial charge in [-0.2, -0.15) is 13.2 Å². The molecule has 1 aromatic carbocycles. The summed E-state index contributed by atoms with van der Waals surface area (Å²) in [5.41, 5.74) is 2.84. The SMILES string of the molecule is N[C@H](c1cc(C(F)(F)F)ccc1F)C(F)F. The van der Waals surface area contributed by atoms with Gasteiger partial charge >= 0.3 is 6.18 Å². The molecule has 1 aromatic rings. The van der Waals surface area contributed by atoms with Crippen molar-refractivity contribution in [2.45, 2.75) is 18.6 Å². The fourth-order valence-corrected chi connectivity index (χ4v) is 1.11. The summed E-state index contributed by atoms with van der Waals surface area (Å²) in [6.45, 7) is 0. The Labute approximate surface area is 86.9 Å². The minimum absolute atomic E-state index is 0.298. The number of halogens is 6. The average Bonchev–Trinajstić information content (AvgIpc) is 2.15. The van der Waals surface area contributed by atoms with Crippen LogP contribution >= 0.6 is 0 Å². The second-order valence-electron chi connectivity index (χ2n) is 3.09. The molecule has 0 saturated heterocycles. The normalized spacial score (nSPS) is 14.2. The van der Waals surface area contributed by atoms with Gasteiger partial charge in [0, 0.05) is 5.56 Å². The number of nitrogens with two attached hydrogens (primary N) is 1. The van der Waals surface area contributed by atoms with Crippen LogP contribution < -0.4 is 5.73 Å². The van der Waals surface area contributed by atoms with Crippen LogP contribution in [0.5, 0.6) is 0 Å². The Bertz CT molecular complexity index is 373. The molecule has 2 N–H and O–H groups in total.